The highest BCUT2D eigenvalue weighted by atomic mass is 16.3. The highest BCUT2D eigenvalue weighted by Gasteiger charge is 2.64. The average Bonchev–Trinajstić information content (AvgIpc) is 2.75. The number of nitrogens with zero attached hydrogens (tertiary/aromatic N) is 1. The van der Waals surface area contributed by atoms with Gasteiger partial charge in [-0.1, -0.05) is 13.0 Å². The van der Waals surface area contributed by atoms with Gasteiger partial charge in [0.05, 0.1) is 17.3 Å². The number of aliphatic hydroxyl groups excluding tert-OH is 2. The predicted molar refractivity (Wildman–Crippen MR) is 125 cm³/mol. The Bertz CT molecular complexity index is 1260. The summed E-state index contributed by atoms with van der Waals surface area (Å²) in [5.74, 6) is -7.16. The van der Waals surface area contributed by atoms with E-state index in [1.807, 2.05) is 0 Å². The lowest BCUT2D eigenvalue weighted by Gasteiger charge is -2.51. The third-order valence-corrected chi connectivity index (χ3v) is 7.52. The first-order chi connectivity index (χ1) is 16.2. The number of hydrogen-bond donors (Lipinski definition) is 5. The van der Waals surface area contributed by atoms with Crippen LogP contribution in [0.4, 0.5) is 5.69 Å². The van der Waals surface area contributed by atoms with Crippen LogP contribution >= 0.6 is 0 Å². The van der Waals surface area contributed by atoms with Gasteiger partial charge in [0.15, 0.2) is 17.2 Å². The lowest BCUT2D eigenvalue weighted by Crippen LogP contribution is -2.65. The summed E-state index contributed by atoms with van der Waals surface area (Å²) in [6, 6.07) is 2.06. The number of nitrogens with one attached hydrogen (secondary N) is 1. The highest BCUT2D eigenvalue weighted by molar-refractivity contribution is 6.25. The Morgan fingerprint density at radius 3 is 2.29 bits per heavy atom. The number of hydrogen-bond acceptors (Lipinski definition) is 9. The topological polar surface area (TPSA) is 164 Å². The molecule has 0 aliphatic heterocycles. The second-order valence-corrected chi connectivity index (χ2v) is 9.75. The summed E-state index contributed by atoms with van der Waals surface area (Å²) in [7, 11) is 3.16. The molecule has 0 bridgehead atoms. The van der Waals surface area contributed by atoms with Gasteiger partial charge in [-0.05, 0) is 50.9 Å². The van der Waals surface area contributed by atoms with E-state index in [1.165, 1.54) is 17.9 Å². The first-order valence-electron chi connectivity index (χ1n) is 11.2. The Morgan fingerprint density at radius 1 is 1.11 bits per heavy atom. The fraction of sp³-hybridized carbons (Fsp3) is 0.440. The van der Waals surface area contributed by atoms with Gasteiger partial charge in [0, 0.05) is 18.4 Å². The Labute approximate surface area is 201 Å². The van der Waals surface area contributed by atoms with E-state index in [4.69, 9.17) is 0 Å². The summed E-state index contributed by atoms with van der Waals surface area (Å²) >= 11 is 0. The minimum Gasteiger partial charge on any atom is -0.508 e. The number of anilines is 1. The fourth-order valence-electron chi connectivity index (χ4n) is 5.93. The largest absolute Gasteiger partial charge is 0.508 e. The first kappa shape index (κ1) is 24.6. The van der Waals surface area contributed by atoms with Crippen LogP contribution in [0.3, 0.4) is 0 Å². The predicted octanol–water partition coefficient (Wildman–Crippen LogP) is 1.59. The summed E-state index contributed by atoms with van der Waals surface area (Å²) in [6.45, 7) is 4.10. The van der Waals surface area contributed by atoms with E-state index in [2.05, 4.69) is 5.32 Å². The van der Waals surface area contributed by atoms with Crippen LogP contribution in [0.15, 0.2) is 29.0 Å². The second kappa shape index (κ2) is 8.03. The number of aliphatic hydroxyl groups is 3. The van der Waals surface area contributed by atoms with Crippen molar-refractivity contribution in [2.75, 3.05) is 19.4 Å². The number of phenolic OH excluding ortho intramolecular Hbond substituents is 1. The van der Waals surface area contributed by atoms with E-state index >= 15 is 0 Å². The van der Waals surface area contributed by atoms with Crippen LogP contribution in [0, 0.1) is 11.8 Å². The van der Waals surface area contributed by atoms with Crippen LogP contribution in [-0.2, 0) is 19.2 Å². The maximum absolute atomic E-state index is 13.9. The molecule has 0 unspecified atom stereocenters. The zero-order chi connectivity index (χ0) is 26.1. The number of Topliss-reactive ketones (excluding diaryl/α,β-unsaturated/α-hetero) is 3. The van der Waals surface area contributed by atoms with Gasteiger partial charge in [-0.25, -0.2) is 0 Å². The van der Waals surface area contributed by atoms with E-state index in [0.29, 0.717) is 5.56 Å². The molecule has 3 aliphatic rings. The van der Waals surface area contributed by atoms with Gasteiger partial charge >= 0.3 is 0 Å². The number of fused-ring (bicyclic) bond motifs is 3. The van der Waals surface area contributed by atoms with Crippen LogP contribution in [0.1, 0.15) is 44.2 Å². The van der Waals surface area contributed by atoms with Crippen molar-refractivity contribution in [1.29, 1.82) is 0 Å². The van der Waals surface area contributed by atoms with E-state index in [-0.39, 0.29) is 23.2 Å². The highest BCUT2D eigenvalue weighted by Crippen LogP contribution is 2.56. The molecule has 0 radical (unpaired) electrons. The molecule has 1 fully saturated rings. The molecule has 4 rings (SSSR count). The maximum atomic E-state index is 13.9. The Hall–Kier alpha value is -3.50. The van der Waals surface area contributed by atoms with Gasteiger partial charge in [-0.2, -0.15) is 0 Å². The quantitative estimate of drug-likeness (QED) is 0.316. The molecule has 1 aromatic rings. The number of aromatic hydroxyl groups is 1. The molecule has 5 atom stereocenters. The molecule has 1 aromatic carbocycles. The van der Waals surface area contributed by atoms with Gasteiger partial charge < -0.3 is 25.7 Å². The van der Waals surface area contributed by atoms with Gasteiger partial charge in [0.2, 0.25) is 11.7 Å². The molecule has 10 heteroatoms. The van der Waals surface area contributed by atoms with E-state index < -0.39 is 75.5 Å². The monoisotopic (exact) mass is 484 g/mol. The van der Waals surface area contributed by atoms with E-state index in [9.17, 15) is 39.6 Å². The van der Waals surface area contributed by atoms with Crippen LogP contribution in [0.5, 0.6) is 5.75 Å². The molecule has 10 nitrogen and oxygen atoms in total. The summed E-state index contributed by atoms with van der Waals surface area (Å²) in [6.07, 6.45) is 0.0419. The van der Waals surface area contributed by atoms with Gasteiger partial charge in [0.25, 0.3) is 0 Å². The summed E-state index contributed by atoms with van der Waals surface area (Å²) in [5.41, 5.74) is -2.97. The van der Waals surface area contributed by atoms with Crippen molar-refractivity contribution in [2.24, 2.45) is 11.8 Å². The first-order valence-corrected chi connectivity index (χ1v) is 11.2. The van der Waals surface area contributed by atoms with E-state index in [0.717, 1.165) is 6.92 Å². The number of likely N-dealkylation sites (N-methyl/N-ethyl adjacent to an activating group) is 1. The number of ketones is 3. The normalized spacial score (nSPS) is 30.1. The van der Waals surface area contributed by atoms with Crippen molar-refractivity contribution >= 4 is 34.7 Å². The molecule has 186 valence electrons. The third kappa shape index (κ3) is 3.24. The number of rotatable bonds is 3. The number of carbonyl (C=O) groups is 4. The second-order valence-electron chi connectivity index (χ2n) is 9.75. The number of amides is 1. The number of carbonyl (C=O) groups excluding carboxylic acids is 4. The van der Waals surface area contributed by atoms with Crippen molar-refractivity contribution in [3.63, 3.8) is 0 Å². The number of phenols is 1. The van der Waals surface area contributed by atoms with Crippen molar-refractivity contribution < 1.29 is 39.6 Å². The fourth-order valence-corrected chi connectivity index (χ4v) is 5.93. The summed E-state index contributed by atoms with van der Waals surface area (Å²) in [4.78, 5) is 52.3. The smallest absolute Gasteiger partial charge is 0.221 e. The SMILES string of the molecule is CC(=O)Nc1ccc2c(c1O)C(O)=C1C(=O)[C@]3(O)C(O)=C(C(C)=O)C(=O)[C@@H](N(C)C)[C@@H]3C[C@@H]1[C@H]2C. The minimum atomic E-state index is -2.62. The summed E-state index contributed by atoms with van der Waals surface area (Å²) in [5, 5.41) is 47.1. The molecule has 0 aromatic heterocycles. The zero-order valence-electron chi connectivity index (χ0n) is 20.0. The molecular formula is C25H28N2O8. The average molecular weight is 485 g/mol. The lowest BCUT2D eigenvalue weighted by molar-refractivity contribution is -0.154. The van der Waals surface area contributed by atoms with Crippen molar-refractivity contribution in [3.05, 3.63) is 40.2 Å². The third-order valence-electron chi connectivity index (χ3n) is 7.52. The summed E-state index contributed by atoms with van der Waals surface area (Å²) < 4.78 is 0. The molecule has 0 saturated heterocycles. The Balaban J connectivity index is 1.98. The molecule has 1 amide bonds. The van der Waals surface area contributed by atoms with Crippen LogP contribution in [0.25, 0.3) is 5.76 Å². The Morgan fingerprint density at radius 2 is 1.74 bits per heavy atom. The Kier molecular flexibility index (Phi) is 5.65. The maximum Gasteiger partial charge on any atom is 0.221 e. The van der Waals surface area contributed by atoms with Gasteiger partial charge in [0.1, 0.15) is 22.8 Å². The van der Waals surface area contributed by atoms with Crippen molar-refractivity contribution in [2.45, 2.75) is 44.8 Å². The molecule has 3 aliphatic carbocycles. The van der Waals surface area contributed by atoms with E-state index in [1.54, 1.807) is 27.1 Å². The van der Waals surface area contributed by atoms with Gasteiger partial charge in [-0.3, -0.25) is 24.1 Å². The molecular weight excluding hydrogens is 456 g/mol. The van der Waals surface area contributed by atoms with Crippen molar-refractivity contribution in [3.8, 4) is 5.75 Å². The minimum absolute atomic E-state index is 0.0337. The molecule has 0 spiro atoms. The van der Waals surface area contributed by atoms with Gasteiger partial charge in [-0.15, -0.1) is 0 Å². The molecule has 1 saturated carbocycles. The van der Waals surface area contributed by atoms with Crippen molar-refractivity contribution in [1.82, 2.24) is 4.90 Å². The standard InChI is InChI=1S/C25H28N2O8/c1-9-12-6-7-15(26-11(3)29)20(30)17(12)21(31)18-13(9)8-14-19(27(4)5)22(32)16(10(2)28)23(33)25(14,35)24(18)34/h6-7,9,13-14,19,30-31,33,35H,8H2,1-5H3,(H,26,29)/t9-,13+,14-,19-,25+/m0/s1. The lowest BCUT2D eigenvalue weighted by atomic mass is 9.55. The number of benzene rings is 1. The molecule has 0 heterocycles. The van der Waals surface area contributed by atoms with Crippen LogP contribution < -0.4 is 5.32 Å². The molecule has 35 heavy (non-hydrogen) atoms. The molecule has 5 N–H and O–H groups in total. The van der Waals surface area contributed by atoms with Crippen LogP contribution in [0.2, 0.25) is 0 Å². The van der Waals surface area contributed by atoms with Crippen LogP contribution in [-0.4, -0.2) is 74.3 Å². The zero-order valence-corrected chi connectivity index (χ0v) is 20.0.